The summed E-state index contributed by atoms with van der Waals surface area (Å²) in [6.45, 7) is 3.35. The van der Waals surface area contributed by atoms with Crippen molar-refractivity contribution >= 4 is 34.0 Å². The molecule has 0 unspecified atom stereocenters. The quantitative estimate of drug-likeness (QED) is 0.556. The van der Waals surface area contributed by atoms with Gasteiger partial charge in [0.05, 0.1) is 13.2 Å². The van der Waals surface area contributed by atoms with Crippen LogP contribution in [0.3, 0.4) is 0 Å². The average Bonchev–Trinajstić information content (AvgIpc) is 3.14. The van der Waals surface area contributed by atoms with Gasteiger partial charge in [-0.05, 0) is 35.7 Å². The highest BCUT2D eigenvalue weighted by molar-refractivity contribution is 5.88. The van der Waals surface area contributed by atoms with Gasteiger partial charge < -0.3 is 20.7 Å². The van der Waals surface area contributed by atoms with Crippen LogP contribution in [0.5, 0.6) is 0 Å². The van der Waals surface area contributed by atoms with E-state index < -0.39 is 0 Å². The van der Waals surface area contributed by atoms with Gasteiger partial charge in [0.1, 0.15) is 0 Å². The van der Waals surface area contributed by atoms with Crippen LogP contribution in [0.2, 0.25) is 0 Å². The van der Waals surface area contributed by atoms with Crippen LogP contribution in [-0.2, 0) is 4.74 Å². The number of morpholine rings is 1. The number of pyridine rings is 1. The van der Waals surface area contributed by atoms with Gasteiger partial charge in [0.25, 0.3) is 0 Å². The summed E-state index contributed by atoms with van der Waals surface area (Å²) < 4.78 is 6.97. The van der Waals surface area contributed by atoms with Gasteiger partial charge in [0, 0.05) is 36.0 Å². The van der Waals surface area contributed by atoms with Gasteiger partial charge in [-0.1, -0.05) is 24.3 Å². The second kappa shape index (κ2) is 7.40. The SMILES string of the molecule is Nc1nc(Nc2ccc(N3CCOCC3)cc2)nn1-c1nccc2ccccc12. The molecule has 5 rings (SSSR count). The zero-order valence-electron chi connectivity index (χ0n) is 15.8. The van der Waals surface area contributed by atoms with Gasteiger partial charge >= 0.3 is 0 Å². The summed E-state index contributed by atoms with van der Waals surface area (Å²) in [5, 5.41) is 9.77. The summed E-state index contributed by atoms with van der Waals surface area (Å²) in [7, 11) is 0. The Kier molecular flexibility index (Phi) is 4.45. The highest BCUT2D eigenvalue weighted by atomic mass is 16.5. The molecule has 0 saturated carbocycles. The monoisotopic (exact) mass is 387 g/mol. The van der Waals surface area contributed by atoms with Crippen molar-refractivity contribution in [1.29, 1.82) is 0 Å². The first kappa shape index (κ1) is 17.4. The molecule has 4 aromatic rings. The van der Waals surface area contributed by atoms with E-state index in [1.54, 1.807) is 10.9 Å². The molecule has 0 radical (unpaired) electrons. The van der Waals surface area contributed by atoms with Gasteiger partial charge in [-0.15, -0.1) is 5.10 Å². The number of hydrogen-bond donors (Lipinski definition) is 2. The fourth-order valence-corrected chi connectivity index (χ4v) is 3.51. The molecule has 8 heteroatoms. The van der Waals surface area contributed by atoms with Crippen LogP contribution >= 0.6 is 0 Å². The van der Waals surface area contributed by atoms with Gasteiger partial charge in [-0.25, -0.2) is 4.98 Å². The molecule has 0 amide bonds. The summed E-state index contributed by atoms with van der Waals surface area (Å²) >= 11 is 0. The predicted molar refractivity (Wildman–Crippen MR) is 114 cm³/mol. The van der Waals surface area contributed by atoms with E-state index in [0.717, 1.165) is 42.8 Å². The molecule has 8 nitrogen and oxygen atoms in total. The lowest BCUT2D eigenvalue weighted by Crippen LogP contribution is -2.36. The Labute approximate surface area is 167 Å². The third-order valence-electron chi connectivity index (χ3n) is 4.99. The van der Waals surface area contributed by atoms with Crippen LogP contribution < -0.4 is 16.0 Å². The van der Waals surface area contributed by atoms with Crippen molar-refractivity contribution in [3.05, 3.63) is 60.8 Å². The molecule has 2 aromatic heterocycles. The van der Waals surface area contributed by atoms with E-state index in [-0.39, 0.29) is 5.95 Å². The van der Waals surface area contributed by atoms with Crippen LogP contribution in [0.25, 0.3) is 16.6 Å². The van der Waals surface area contributed by atoms with Crippen LogP contribution in [0, 0.1) is 0 Å². The molecule has 3 N–H and O–H groups in total. The summed E-state index contributed by atoms with van der Waals surface area (Å²) in [6.07, 6.45) is 1.75. The van der Waals surface area contributed by atoms with E-state index in [0.29, 0.717) is 11.8 Å². The molecule has 1 aliphatic rings. The van der Waals surface area contributed by atoms with Crippen LogP contribution in [0.1, 0.15) is 0 Å². The maximum atomic E-state index is 6.13. The third-order valence-corrected chi connectivity index (χ3v) is 4.99. The largest absolute Gasteiger partial charge is 0.378 e. The summed E-state index contributed by atoms with van der Waals surface area (Å²) in [6, 6.07) is 18.1. The Morgan fingerprint density at radius 3 is 2.59 bits per heavy atom. The molecular formula is C21H21N7O. The van der Waals surface area contributed by atoms with Gasteiger partial charge in [0.2, 0.25) is 11.9 Å². The van der Waals surface area contributed by atoms with E-state index in [4.69, 9.17) is 10.5 Å². The molecule has 0 spiro atoms. The van der Waals surface area contributed by atoms with Gasteiger partial charge in [-0.2, -0.15) is 9.67 Å². The molecule has 29 heavy (non-hydrogen) atoms. The van der Waals surface area contributed by atoms with E-state index in [9.17, 15) is 0 Å². The highest BCUT2D eigenvalue weighted by Gasteiger charge is 2.14. The van der Waals surface area contributed by atoms with E-state index in [1.807, 2.05) is 42.5 Å². The number of fused-ring (bicyclic) bond motifs is 1. The Morgan fingerprint density at radius 1 is 0.966 bits per heavy atom. The molecular weight excluding hydrogens is 366 g/mol. The topological polar surface area (TPSA) is 94.1 Å². The Hall–Kier alpha value is -3.65. The lowest BCUT2D eigenvalue weighted by molar-refractivity contribution is 0.122. The zero-order valence-corrected chi connectivity index (χ0v) is 15.8. The Morgan fingerprint density at radius 2 is 1.76 bits per heavy atom. The van der Waals surface area contributed by atoms with E-state index >= 15 is 0 Å². The van der Waals surface area contributed by atoms with Crippen molar-refractivity contribution in [2.24, 2.45) is 0 Å². The summed E-state index contributed by atoms with van der Waals surface area (Å²) in [4.78, 5) is 11.1. The van der Waals surface area contributed by atoms with E-state index in [1.165, 1.54) is 5.69 Å². The zero-order chi connectivity index (χ0) is 19.6. The second-order valence-electron chi connectivity index (χ2n) is 6.83. The van der Waals surface area contributed by atoms with Crippen molar-refractivity contribution in [1.82, 2.24) is 19.7 Å². The summed E-state index contributed by atoms with van der Waals surface area (Å²) in [5.74, 6) is 1.36. The number of nitrogens with zero attached hydrogens (tertiary/aromatic N) is 5. The second-order valence-corrected chi connectivity index (χ2v) is 6.83. The number of rotatable bonds is 4. The first-order chi connectivity index (χ1) is 14.3. The molecule has 1 saturated heterocycles. The maximum absolute atomic E-state index is 6.13. The third kappa shape index (κ3) is 3.45. The number of hydrogen-bond acceptors (Lipinski definition) is 7. The first-order valence-electron chi connectivity index (χ1n) is 9.54. The van der Waals surface area contributed by atoms with Crippen molar-refractivity contribution in [3.63, 3.8) is 0 Å². The van der Waals surface area contributed by atoms with Crippen molar-refractivity contribution in [3.8, 4) is 5.82 Å². The lowest BCUT2D eigenvalue weighted by atomic mass is 10.1. The Bertz CT molecular complexity index is 1130. The molecule has 3 heterocycles. The Balaban J connectivity index is 1.39. The van der Waals surface area contributed by atoms with Crippen molar-refractivity contribution < 1.29 is 4.74 Å². The first-order valence-corrected chi connectivity index (χ1v) is 9.54. The van der Waals surface area contributed by atoms with Crippen LogP contribution in [0.4, 0.5) is 23.3 Å². The smallest absolute Gasteiger partial charge is 0.248 e. The van der Waals surface area contributed by atoms with Gasteiger partial charge in [-0.3, -0.25) is 0 Å². The van der Waals surface area contributed by atoms with Crippen LogP contribution in [0.15, 0.2) is 60.8 Å². The number of nitrogen functional groups attached to an aromatic ring is 1. The minimum absolute atomic E-state index is 0.279. The number of benzene rings is 2. The minimum Gasteiger partial charge on any atom is -0.378 e. The molecule has 0 atom stereocenters. The summed E-state index contributed by atoms with van der Waals surface area (Å²) in [5.41, 5.74) is 8.20. The van der Waals surface area contributed by atoms with Crippen LogP contribution in [-0.4, -0.2) is 46.1 Å². The average molecular weight is 387 g/mol. The number of nitrogens with two attached hydrogens (primary N) is 1. The number of nitrogens with one attached hydrogen (secondary N) is 1. The fourth-order valence-electron chi connectivity index (χ4n) is 3.51. The number of aromatic nitrogens is 4. The maximum Gasteiger partial charge on any atom is 0.248 e. The fraction of sp³-hybridized carbons (Fsp3) is 0.190. The standard InChI is InChI=1S/C21H21N7O/c22-20-25-21(24-16-5-7-17(8-6-16)27-11-13-29-14-12-27)26-28(20)19-18-4-2-1-3-15(18)9-10-23-19/h1-10H,11-14H2,(H3,22,24,25,26). The predicted octanol–water partition coefficient (Wildman–Crippen LogP) is 2.98. The lowest BCUT2D eigenvalue weighted by Gasteiger charge is -2.28. The molecule has 1 aliphatic heterocycles. The minimum atomic E-state index is 0.279. The van der Waals surface area contributed by atoms with Crippen molar-refractivity contribution in [2.75, 3.05) is 42.3 Å². The molecule has 146 valence electrons. The molecule has 2 aromatic carbocycles. The van der Waals surface area contributed by atoms with Gasteiger partial charge in [0.15, 0.2) is 5.82 Å². The highest BCUT2D eigenvalue weighted by Crippen LogP contribution is 2.24. The van der Waals surface area contributed by atoms with Crippen molar-refractivity contribution in [2.45, 2.75) is 0 Å². The van der Waals surface area contributed by atoms with E-state index in [2.05, 4.69) is 37.4 Å². The molecule has 0 bridgehead atoms. The number of anilines is 4. The molecule has 1 fully saturated rings. The number of ether oxygens (including phenoxy) is 1. The molecule has 0 aliphatic carbocycles. The normalized spacial score (nSPS) is 14.3.